The number of aliphatic hydroxyl groups excluding tert-OH is 1. The summed E-state index contributed by atoms with van der Waals surface area (Å²) in [4.78, 5) is 2.15. The second kappa shape index (κ2) is 7.01. The molecule has 2 N–H and O–H groups in total. The Balaban J connectivity index is 1.96. The van der Waals surface area contributed by atoms with Gasteiger partial charge in [0.2, 0.25) is 0 Å². The van der Waals surface area contributed by atoms with Gasteiger partial charge >= 0.3 is 0 Å². The molecule has 20 heavy (non-hydrogen) atoms. The molecule has 0 atom stereocenters. The van der Waals surface area contributed by atoms with Crippen LogP contribution in [0.3, 0.4) is 0 Å². The van der Waals surface area contributed by atoms with Crippen LogP contribution in [0.5, 0.6) is 0 Å². The van der Waals surface area contributed by atoms with Crippen molar-refractivity contribution in [2.75, 3.05) is 29.9 Å². The summed E-state index contributed by atoms with van der Waals surface area (Å²) < 4.78 is 2.11. The molecule has 1 aromatic carbocycles. The lowest BCUT2D eigenvalue weighted by Gasteiger charge is -2.22. The number of aromatic nitrogens is 1. The average Bonchev–Trinajstić information content (AvgIpc) is 2.89. The molecule has 0 unspecified atom stereocenters. The Bertz CT molecular complexity index is 519. The number of benzene rings is 1. The third-order valence-corrected chi connectivity index (χ3v) is 3.51. The number of aryl methyl sites for hydroxylation is 1. The van der Waals surface area contributed by atoms with Crippen molar-refractivity contribution in [2.45, 2.75) is 13.5 Å². The Hall–Kier alpha value is -1.94. The molecule has 0 bridgehead atoms. The maximum absolute atomic E-state index is 9.04. The van der Waals surface area contributed by atoms with E-state index in [2.05, 4.69) is 52.0 Å². The highest BCUT2D eigenvalue weighted by Gasteiger charge is 2.03. The molecule has 0 amide bonds. The second-order valence-corrected chi connectivity index (χ2v) is 4.81. The van der Waals surface area contributed by atoms with Crippen molar-refractivity contribution in [2.24, 2.45) is 7.05 Å². The molecule has 0 radical (unpaired) electrons. The summed E-state index contributed by atoms with van der Waals surface area (Å²) in [6.07, 6.45) is 2.05. The molecule has 1 aromatic heterocycles. The average molecular weight is 273 g/mol. The van der Waals surface area contributed by atoms with Crippen molar-refractivity contribution in [1.29, 1.82) is 0 Å². The smallest absolute Gasteiger partial charge is 0.0606 e. The molecule has 0 aliphatic rings. The van der Waals surface area contributed by atoms with Gasteiger partial charge in [0.25, 0.3) is 0 Å². The fourth-order valence-electron chi connectivity index (χ4n) is 2.25. The van der Waals surface area contributed by atoms with Gasteiger partial charge in [0, 0.05) is 43.4 Å². The lowest BCUT2D eigenvalue weighted by atomic mass is 10.2. The van der Waals surface area contributed by atoms with Crippen molar-refractivity contribution in [3.05, 3.63) is 48.3 Å². The van der Waals surface area contributed by atoms with Crippen molar-refractivity contribution in [1.82, 2.24) is 4.57 Å². The van der Waals surface area contributed by atoms with Gasteiger partial charge in [-0.15, -0.1) is 0 Å². The van der Waals surface area contributed by atoms with Gasteiger partial charge in [-0.05, 0) is 43.3 Å². The molecule has 0 fully saturated rings. The molecule has 4 nitrogen and oxygen atoms in total. The normalized spacial score (nSPS) is 10.6. The molecule has 1 heterocycles. The zero-order valence-electron chi connectivity index (χ0n) is 12.2. The van der Waals surface area contributed by atoms with E-state index < -0.39 is 0 Å². The van der Waals surface area contributed by atoms with Crippen LogP contribution in [0.25, 0.3) is 0 Å². The lowest BCUT2D eigenvalue weighted by molar-refractivity contribution is 0.302. The summed E-state index contributed by atoms with van der Waals surface area (Å²) in [6, 6.07) is 12.5. The minimum atomic E-state index is 0.182. The molecule has 2 aromatic rings. The summed E-state index contributed by atoms with van der Waals surface area (Å²) in [6.45, 7) is 4.67. The molecule has 2 rings (SSSR count). The lowest BCUT2D eigenvalue weighted by Crippen LogP contribution is -2.25. The first kappa shape index (κ1) is 14.5. The molecule has 0 saturated carbocycles. The Morgan fingerprint density at radius 2 is 1.95 bits per heavy atom. The van der Waals surface area contributed by atoms with Crippen LogP contribution in [0.1, 0.15) is 12.6 Å². The van der Waals surface area contributed by atoms with E-state index in [1.165, 1.54) is 5.69 Å². The molecule has 0 aliphatic heterocycles. The Morgan fingerprint density at radius 3 is 2.50 bits per heavy atom. The van der Waals surface area contributed by atoms with Gasteiger partial charge in [0.15, 0.2) is 0 Å². The zero-order valence-corrected chi connectivity index (χ0v) is 12.2. The summed E-state index contributed by atoms with van der Waals surface area (Å²) in [5.41, 5.74) is 3.51. The molecule has 0 spiro atoms. The van der Waals surface area contributed by atoms with Gasteiger partial charge in [0.05, 0.1) is 13.2 Å². The highest BCUT2D eigenvalue weighted by atomic mass is 16.3. The Kier molecular flexibility index (Phi) is 5.07. The maximum Gasteiger partial charge on any atom is 0.0606 e. The van der Waals surface area contributed by atoms with Gasteiger partial charge < -0.3 is 19.9 Å². The van der Waals surface area contributed by atoms with Gasteiger partial charge in [-0.2, -0.15) is 0 Å². The first-order valence-electron chi connectivity index (χ1n) is 7.04. The fourth-order valence-corrected chi connectivity index (χ4v) is 2.25. The van der Waals surface area contributed by atoms with Crippen molar-refractivity contribution in [3.63, 3.8) is 0 Å². The topological polar surface area (TPSA) is 40.4 Å². The highest BCUT2D eigenvalue weighted by molar-refractivity contribution is 5.55. The number of hydrogen-bond donors (Lipinski definition) is 2. The fraction of sp³-hybridized carbons (Fsp3) is 0.375. The van der Waals surface area contributed by atoms with Gasteiger partial charge in [0.1, 0.15) is 0 Å². The van der Waals surface area contributed by atoms with E-state index in [9.17, 15) is 0 Å². The zero-order chi connectivity index (χ0) is 14.4. The molecule has 0 saturated heterocycles. The van der Waals surface area contributed by atoms with Crippen LogP contribution in [0.2, 0.25) is 0 Å². The van der Waals surface area contributed by atoms with Gasteiger partial charge in [-0.25, -0.2) is 0 Å². The predicted molar refractivity (Wildman–Crippen MR) is 84.2 cm³/mol. The van der Waals surface area contributed by atoms with E-state index in [4.69, 9.17) is 5.11 Å². The number of aliphatic hydroxyl groups is 1. The largest absolute Gasteiger partial charge is 0.395 e. The molecular weight excluding hydrogens is 250 g/mol. The van der Waals surface area contributed by atoms with Crippen LogP contribution >= 0.6 is 0 Å². The summed E-state index contributed by atoms with van der Waals surface area (Å²) in [7, 11) is 2.05. The van der Waals surface area contributed by atoms with E-state index in [0.29, 0.717) is 6.54 Å². The predicted octanol–water partition coefficient (Wildman–Crippen LogP) is 2.46. The van der Waals surface area contributed by atoms with Crippen LogP contribution in [-0.2, 0) is 13.6 Å². The number of anilines is 2. The van der Waals surface area contributed by atoms with Crippen LogP contribution < -0.4 is 10.2 Å². The van der Waals surface area contributed by atoms with Gasteiger partial charge in [-0.1, -0.05) is 0 Å². The van der Waals surface area contributed by atoms with Crippen LogP contribution in [0, 0.1) is 0 Å². The van der Waals surface area contributed by atoms with Gasteiger partial charge in [-0.3, -0.25) is 0 Å². The summed E-state index contributed by atoms with van der Waals surface area (Å²) in [5.74, 6) is 0. The van der Waals surface area contributed by atoms with E-state index in [0.717, 1.165) is 24.5 Å². The standard InChI is InChI=1S/C16H23N3O/c1-3-19(11-12-20)15-8-6-14(7-9-15)17-13-16-5-4-10-18(16)2/h4-10,17,20H,3,11-13H2,1-2H3. The van der Waals surface area contributed by atoms with Crippen LogP contribution in [0.15, 0.2) is 42.6 Å². The van der Waals surface area contributed by atoms with Crippen LogP contribution in [-0.4, -0.2) is 29.4 Å². The highest BCUT2D eigenvalue weighted by Crippen LogP contribution is 2.18. The number of nitrogens with zero attached hydrogens (tertiary/aromatic N) is 2. The monoisotopic (exact) mass is 273 g/mol. The third kappa shape index (κ3) is 3.54. The number of hydrogen-bond acceptors (Lipinski definition) is 3. The molecular formula is C16H23N3O. The quantitative estimate of drug-likeness (QED) is 0.814. The van der Waals surface area contributed by atoms with E-state index in [-0.39, 0.29) is 6.61 Å². The maximum atomic E-state index is 9.04. The summed E-state index contributed by atoms with van der Waals surface area (Å²) >= 11 is 0. The summed E-state index contributed by atoms with van der Waals surface area (Å²) in [5, 5.41) is 12.5. The Labute approximate surface area is 120 Å². The van der Waals surface area contributed by atoms with Crippen molar-refractivity contribution >= 4 is 11.4 Å². The van der Waals surface area contributed by atoms with E-state index in [1.54, 1.807) is 0 Å². The van der Waals surface area contributed by atoms with E-state index in [1.807, 2.05) is 19.3 Å². The molecule has 0 aliphatic carbocycles. The van der Waals surface area contributed by atoms with Crippen molar-refractivity contribution < 1.29 is 5.11 Å². The first-order chi connectivity index (χ1) is 9.74. The second-order valence-electron chi connectivity index (χ2n) is 4.81. The SMILES string of the molecule is CCN(CCO)c1ccc(NCc2cccn2C)cc1. The third-order valence-electron chi connectivity index (χ3n) is 3.51. The molecule has 4 heteroatoms. The molecule has 108 valence electrons. The van der Waals surface area contributed by atoms with Crippen molar-refractivity contribution in [3.8, 4) is 0 Å². The minimum Gasteiger partial charge on any atom is -0.395 e. The van der Waals surface area contributed by atoms with E-state index >= 15 is 0 Å². The number of likely N-dealkylation sites (N-methyl/N-ethyl adjacent to an activating group) is 1. The number of nitrogens with one attached hydrogen (secondary N) is 1. The number of rotatable bonds is 7. The minimum absolute atomic E-state index is 0.182. The first-order valence-corrected chi connectivity index (χ1v) is 7.04. The van der Waals surface area contributed by atoms with Crippen LogP contribution in [0.4, 0.5) is 11.4 Å². The Morgan fingerprint density at radius 1 is 1.20 bits per heavy atom.